The van der Waals surface area contributed by atoms with Gasteiger partial charge in [0.15, 0.2) is 5.65 Å². The maximum absolute atomic E-state index is 14.6. The molecule has 6 aromatic rings. The van der Waals surface area contributed by atoms with E-state index in [1.807, 2.05) is 49.5 Å². The van der Waals surface area contributed by atoms with Crippen molar-refractivity contribution in [2.45, 2.75) is 13.3 Å². The Kier molecular flexibility index (Phi) is 5.49. The van der Waals surface area contributed by atoms with E-state index in [9.17, 15) is 9.18 Å². The van der Waals surface area contributed by atoms with E-state index in [1.54, 1.807) is 42.3 Å². The van der Waals surface area contributed by atoms with E-state index in [0.717, 1.165) is 50.0 Å². The van der Waals surface area contributed by atoms with Crippen molar-refractivity contribution in [2.75, 3.05) is 5.32 Å². The van der Waals surface area contributed by atoms with Gasteiger partial charge >= 0.3 is 0 Å². The largest absolute Gasteiger partial charge is 0.353 e. The van der Waals surface area contributed by atoms with E-state index < -0.39 is 0 Å². The molecule has 2 aromatic carbocycles. The molecule has 0 aliphatic carbocycles. The first kappa shape index (κ1) is 22.6. The van der Waals surface area contributed by atoms with Gasteiger partial charge in [-0.25, -0.2) is 14.1 Å². The van der Waals surface area contributed by atoms with E-state index in [4.69, 9.17) is 5.10 Å². The normalized spacial score (nSPS) is 11.3. The molecular weight excluding hydrogens is 467 g/mol. The number of carbonyl (C=O) groups is 1. The zero-order valence-corrected chi connectivity index (χ0v) is 20.3. The van der Waals surface area contributed by atoms with Crippen molar-refractivity contribution in [1.29, 1.82) is 0 Å². The molecule has 0 saturated carbocycles. The monoisotopic (exact) mass is 490 g/mol. The molecular formula is C29H23FN6O. The number of rotatable bonds is 5. The highest BCUT2D eigenvalue weighted by molar-refractivity contribution is 6.01. The minimum atomic E-state index is -0.263. The minimum absolute atomic E-state index is 0.0735. The number of hydrogen-bond acceptors (Lipinski definition) is 4. The second-order valence-corrected chi connectivity index (χ2v) is 8.86. The van der Waals surface area contributed by atoms with E-state index >= 15 is 0 Å². The van der Waals surface area contributed by atoms with Crippen LogP contribution in [0.25, 0.3) is 55.6 Å². The zero-order chi connectivity index (χ0) is 25.5. The molecule has 0 bridgehead atoms. The van der Waals surface area contributed by atoms with Gasteiger partial charge in [0.1, 0.15) is 11.5 Å². The molecule has 0 unspecified atom stereocenters. The molecule has 6 rings (SSSR count). The molecule has 0 aliphatic heterocycles. The lowest BCUT2D eigenvalue weighted by atomic mass is 10.0. The average Bonchev–Trinajstić information content (AvgIpc) is 3.50. The fourth-order valence-electron chi connectivity index (χ4n) is 4.61. The summed E-state index contributed by atoms with van der Waals surface area (Å²) >= 11 is 0. The molecule has 4 heterocycles. The highest BCUT2D eigenvalue weighted by Gasteiger charge is 2.17. The molecule has 4 aromatic heterocycles. The van der Waals surface area contributed by atoms with E-state index in [0.29, 0.717) is 17.7 Å². The Morgan fingerprint density at radius 1 is 0.973 bits per heavy atom. The van der Waals surface area contributed by atoms with Gasteiger partial charge in [-0.2, -0.15) is 5.10 Å². The predicted molar refractivity (Wildman–Crippen MR) is 143 cm³/mol. The molecule has 0 spiro atoms. The van der Waals surface area contributed by atoms with Crippen LogP contribution in [0.3, 0.4) is 0 Å². The summed E-state index contributed by atoms with van der Waals surface area (Å²) in [6.45, 7) is 1.80. The number of pyridine rings is 2. The molecule has 1 amide bonds. The smallest absolute Gasteiger partial charge is 0.224 e. The Morgan fingerprint density at radius 2 is 1.78 bits per heavy atom. The van der Waals surface area contributed by atoms with Gasteiger partial charge in [0.25, 0.3) is 0 Å². The molecule has 0 aliphatic rings. The van der Waals surface area contributed by atoms with Crippen LogP contribution in [0, 0.1) is 5.82 Å². The number of carbonyl (C=O) groups excluding carboxylic acids is 1. The average molecular weight is 491 g/mol. The highest BCUT2D eigenvalue weighted by atomic mass is 19.1. The Balaban J connectivity index is 1.47. The summed E-state index contributed by atoms with van der Waals surface area (Å²) in [6, 6.07) is 18.5. The van der Waals surface area contributed by atoms with Gasteiger partial charge in [0.05, 0.1) is 17.6 Å². The van der Waals surface area contributed by atoms with Crippen molar-refractivity contribution in [3.8, 4) is 33.6 Å². The van der Waals surface area contributed by atoms with Crippen LogP contribution < -0.4 is 5.32 Å². The molecule has 37 heavy (non-hydrogen) atoms. The van der Waals surface area contributed by atoms with Gasteiger partial charge in [0, 0.05) is 58.8 Å². The van der Waals surface area contributed by atoms with E-state index in [-0.39, 0.29) is 11.7 Å². The van der Waals surface area contributed by atoms with Gasteiger partial charge < -0.3 is 10.3 Å². The summed E-state index contributed by atoms with van der Waals surface area (Å²) in [6.07, 6.45) is 5.53. The lowest BCUT2D eigenvalue weighted by Crippen LogP contribution is -2.09. The van der Waals surface area contributed by atoms with Crippen LogP contribution in [-0.4, -0.2) is 30.6 Å². The maximum Gasteiger partial charge on any atom is 0.224 e. The lowest BCUT2D eigenvalue weighted by molar-refractivity contribution is -0.115. The first-order chi connectivity index (χ1) is 18.0. The number of halogens is 1. The fourth-order valence-corrected chi connectivity index (χ4v) is 4.61. The number of hydrogen-bond donors (Lipinski definition) is 2. The third-order valence-electron chi connectivity index (χ3n) is 6.44. The number of nitrogens with zero attached hydrogens (tertiary/aromatic N) is 4. The third kappa shape index (κ3) is 4.02. The van der Waals surface area contributed by atoms with Crippen LogP contribution in [0.15, 0.2) is 79.3 Å². The summed E-state index contributed by atoms with van der Waals surface area (Å²) in [5.41, 5.74) is 6.85. The number of H-pyrrole nitrogens is 1. The first-order valence-electron chi connectivity index (χ1n) is 12.0. The second-order valence-electron chi connectivity index (χ2n) is 8.86. The minimum Gasteiger partial charge on any atom is -0.353 e. The fraction of sp³-hybridized carbons (Fsp3) is 0.103. The number of aromatic nitrogens is 5. The Bertz CT molecular complexity index is 1800. The Labute approximate surface area is 212 Å². The van der Waals surface area contributed by atoms with Crippen LogP contribution in [0.4, 0.5) is 10.1 Å². The highest BCUT2D eigenvalue weighted by Crippen LogP contribution is 2.36. The number of anilines is 1. The zero-order valence-electron chi connectivity index (χ0n) is 20.3. The molecule has 8 heteroatoms. The number of nitrogens with one attached hydrogen (secondary N) is 2. The maximum atomic E-state index is 14.6. The summed E-state index contributed by atoms with van der Waals surface area (Å²) in [5, 5.41) is 9.38. The topological polar surface area (TPSA) is 88.5 Å². The Morgan fingerprint density at radius 3 is 2.62 bits per heavy atom. The van der Waals surface area contributed by atoms with Crippen molar-refractivity contribution in [3.05, 3.63) is 85.1 Å². The molecule has 2 N–H and O–H groups in total. The second kappa shape index (κ2) is 8.98. The van der Waals surface area contributed by atoms with Gasteiger partial charge in [-0.1, -0.05) is 37.3 Å². The summed E-state index contributed by atoms with van der Waals surface area (Å²) in [5.74, 6) is -0.337. The quantitative estimate of drug-likeness (QED) is 0.295. The molecule has 182 valence electrons. The number of aryl methyl sites for hydroxylation is 1. The summed E-state index contributed by atoms with van der Waals surface area (Å²) < 4.78 is 16.4. The van der Waals surface area contributed by atoms with Crippen LogP contribution in [0.5, 0.6) is 0 Å². The Hall–Kier alpha value is -4.85. The van der Waals surface area contributed by atoms with Gasteiger partial charge in [-0.15, -0.1) is 0 Å². The van der Waals surface area contributed by atoms with E-state index in [2.05, 4.69) is 20.3 Å². The predicted octanol–water partition coefficient (Wildman–Crippen LogP) is 6.33. The van der Waals surface area contributed by atoms with Crippen LogP contribution in [-0.2, 0) is 11.8 Å². The first-order valence-corrected chi connectivity index (χ1v) is 12.0. The lowest BCUT2D eigenvalue weighted by Gasteiger charge is -2.06. The number of fused-ring (bicyclic) bond motifs is 2. The molecule has 7 nitrogen and oxygen atoms in total. The van der Waals surface area contributed by atoms with Crippen molar-refractivity contribution in [3.63, 3.8) is 0 Å². The SMILES string of the molecule is CCC(=O)Nc1cncc(-c2cnc3c(c2)c(-c2cc4c(-c5ccccc5F)cccc4[nH]2)nn3C)c1. The van der Waals surface area contributed by atoms with Crippen molar-refractivity contribution in [1.82, 2.24) is 24.7 Å². The third-order valence-corrected chi connectivity index (χ3v) is 6.44. The number of benzene rings is 2. The van der Waals surface area contributed by atoms with Crippen molar-refractivity contribution < 1.29 is 9.18 Å². The van der Waals surface area contributed by atoms with Crippen molar-refractivity contribution in [2.24, 2.45) is 7.05 Å². The number of aromatic amines is 1. The van der Waals surface area contributed by atoms with Crippen LogP contribution in [0.1, 0.15) is 13.3 Å². The standard InChI is InChI=1S/C29H23FN6O/c1-3-27(37)33-19-11-17(14-31-16-19)18-12-23-28(35-36(2)29(23)32-15-18)26-13-22-20(8-6-10-25(22)34-26)21-7-4-5-9-24(21)30/h4-16,34H,3H2,1-2H3,(H,33,37). The molecule has 0 radical (unpaired) electrons. The van der Waals surface area contributed by atoms with Gasteiger partial charge in [0.2, 0.25) is 5.91 Å². The van der Waals surface area contributed by atoms with Crippen LogP contribution in [0.2, 0.25) is 0 Å². The summed E-state index contributed by atoms with van der Waals surface area (Å²) in [7, 11) is 1.86. The molecule has 0 saturated heterocycles. The molecule has 0 atom stereocenters. The van der Waals surface area contributed by atoms with Crippen molar-refractivity contribution >= 4 is 33.5 Å². The van der Waals surface area contributed by atoms with Gasteiger partial charge in [-0.05, 0) is 35.9 Å². The van der Waals surface area contributed by atoms with E-state index in [1.165, 1.54) is 6.07 Å². The molecule has 0 fully saturated rings. The summed E-state index contributed by atoms with van der Waals surface area (Å²) in [4.78, 5) is 24.2. The van der Waals surface area contributed by atoms with Gasteiger partial charge in [-0.3, -0.25) is 9.78 Å². The van der Waals surface area contributed by atoms with Crippen LogP contribution >= 0.6 is 0 Å². The number of amides is 1.